The summed E-state index contributed by atoms with van der Waals surface area (Å²) in [6.45, 7) is 0. The maximum absolute atomic E-state index is 2.39. The Hall–Kier alpha value is 0.542. The van der Waals surface area contributed by atoms with Gasteiger partial charge in [-0.3, -0.25) is 0 Å². The van der Waals surface area contributed by atoms with Crippen molar-refractivity contribution in [1.29, 1.82) is 0 Å². The Morgan fingerprint density at radius 1 is 0.700 bits per heavy atom. The summed E-state index contributed by atoms with van der Waals surface area (Å²) >= 11 is 0. The summed E-state index contributed by atoms with van der Waals surface area (Å²) in [4.78, 5) is 0. The zero-order valence-electron chi connectivity index (χ0n) is 5.72. The largest absolute Gasteiger partial charge is 2.00 e. The maximum Gasteiger partial charge on any atom is 0 e. The van der Waals surface area contributed by atoms with Crippen LogP contribution in [0.15, 0.2) is 0 Å². The molecule has 0 aromatic heterocycles. The van der Waals surface area contributed by atoms with Crippen LogP contribution in [0, 0.1) is 6.42 Å². The fraction of sp³-hybridized carbons (Fsp3) is 0.833. The Labute approximate surface area is 75.8 Å². The molecule has 1 saturated carbocycles. The second-order valence-corrected chi connectivity index (χ2v) is 1.93. The molecule has 0 aliphatic heterocycles. The summed E-state index contributed by atoms with van der Waals surface area (Å²) in [6.07, 6.45) is 9.50. The summed E-state index contributed by atoms with van der Waals surface area (Å²) in [5.74, 6) is 0. The van der Waals surface area contributed by atoms with E-state index in [4.69, 9.17) is 0 Å². The quantitative estimate of drug-likeness (QED) is 0.610. The van der Waals surface area contributed by atoms with Crippen molar-refractivity contribution < 1.29 is 36.9 Å². The smallest absolute Gasteiger partial charge is 0 e. The molecule has 4 heteroatoms. The summed E-state index contributed by atoms with van der Waals surface area (Å²) in [5.41, 5.74) is 0. The zero-order valence-corrected chi connectivity index (χ0v) is 8.43. The third-order valence-corrected chi connectivity index (χ3v) is 1.32. The predicted octanol–water partition coefficient (Wildman–Crippen LogP) is 1.80. The van der Waals surface area contributed by atoms with E-state index in [2.05, 4.69) is 6.42 Å². The molecular formula is C6H11O3Re-7. The normalized spacial score (nSPS) is 14.4. The third kappa shape index (κ3) is 11.4. The molecule has 0 saturated heterocycles. The van der Waals surface area contributed by atoms with Crippen LogP contribution in [0.4, 0.5) is 0 Å². The molecule has 1 aliphatic rings. The summed E-state index contributed by atoms with van der Waals surface area (Å²) in [5, 5.41) is 0. The van der Waals surface area contributed by atoms with Crippen LogP contribution in [-0.4, -0.2) is 0 Å². The van der Waals surface area contributed by atoms with Gasteiger partial charge in [0.15, 0.2) is 0 Å². The van der Waals surface area contributed by atoms with Gasteiger partial charge in [0.25, 0.3) is 0 Å². The van der Waals surface area contributed by atoms with E-state index >= 15 is 0 Å². The van der Waals surface area contributed by atoms with E-state index < -0.39 is 0 Å². The Kier molecular flexibility index (Phi) is 36.5. The third-order valence-electron chi connectivity index (χ3n) is 1.32. The number of hydrogen-bond acceptors (Lipinski definition) is 0. The predicted molar refractivity (Wildman–Crippen MR) is 29.4 cm³/mol. The summed E-state index contributed by atoms with van der Waals surface area (Å²) in [6, 6.07) is 0. The van der Waals surface area contributed by atoms with Crippen LogP contribution in [0.1, 0.15) is 32.1 Å². The minimum atomic E-state index is 0. The SMILES string of the molecule is [CH-]1CCCCC1.[O-2].[O-2].[O-2].[Re]. The molecule has 0 aromatic carbocycles. The van der Waals surface area contributed by atoms with Crippen molar-refractivity contribution in [3.8, 4) is 0 Å². The fourth-order valence-electron chi connectivity index (χ4n) is 0.898. The second kappa shape index (κ2) is 16.3. The molecule has 0 heterocycles. The summed E-state index contributed by atoms with van der Waals surface area (Å²) in [7, 11) is 0. The molecule has 0 N–H and O–H groups in total. The standard InChI is InChI=1S/C6H11.3O.Re/c1-2-4-6-5-3-1;;;;/h1H,2-6H2;;;;/q-1;3*-2;. The molecule has 0 atom stereocenters. The van der Waals surface area contributed by atoms with Gasteiger partial charge in [0.1, 0.15) is 0 Å². The van der Waals surface area contributed by atoms with Crippen LogP contribution >= 0.6 is 0 Å². The van der Waals surface area contributed by atoms with Crippen molar-refractivity contribution in [2.24, 2.45) is 0 Å². The van der Waals surface area contributed by atoms with E-state index in [1.54, 1.807) is 0 Å². The molecule has 0 amide bonds. The average molecular weight is 317 g/mol. The van der Waals surface area contributed by atoms with Crippen molar-refractivity contribution in [1.82, 2.24) is 0 Å². The minimum Gasteiger partial charge on any atom is -2.00 e. The van der Waals surface area contributed by atoms with E-state index in [1.165, 1.54) is 32.1 Å². The minimum absolute atomic E-state index is 0. The van der Waals surface area contributed by atoms with Gasteiger partial charge in [-0.05, 0) is 0 Å². The van der Waals surface area contributed by atoms with Crippen molar-refractivity contribution in [2.45, 2.75) is 32.1 Å². The first-order chi connectivity index (χ1) is 3.00. The van der Waals surface area contributed by atoms with Gasteiger partial charge in [0, 0.05) is 20.4 Å². The Bertz CT molecular complexity index is 28.5. The molecule has 3 nitrogen and oxygen atoms in total. The maximum atomic E-state index is 2.39. The first-order valence-electron chi connectivity index (χ1n) is 2.82. The van der Waals surface area contributed by atoms with Gasteiger partial charge in [0.2, 0.25) is 0 Å². The van der Waals surface area contributed by atoms with E-state index in [-0.39, 0.29) is 36.9 Å². The number of hydrogen-bond donors (Lipinski definition) is 0. The van der Waals surface area contributed by atoms with Crippen LogP contribution in [0.2, 0.25) is 0 Å². The van der Waals surface area contributed by atoms with Gasteiger partial charge in [-0.1, -0.05) is 19.3 Å². The van der Waals surface area contributed by atoms with Gasteiger partial charge in [-0.25, -0.2) is 0 Å². The van der Waals surface area contributed by atoms with Gasteiger partial charge >= 0.3 is 0 Å². The van der Waals surface area contributed by atoms with Crippen LogP contribution in [0.3, 0.4) is 0 Å². The Morgan fingerprint density at radius 2 is 1.10 bits per heavy atom. The van der Waals surface area contributed by atoms with Crippen molar-refractivity contribution in [3.63, 3.8) is 0 Å². The van der Waals surface area contributed by atoms with Crippen LogP contribution < -0.4 is 0 Å². The van der Waals surface area contributed by atoms with Crippen molar-refractivity contribution in [2.75, 3.05) is 0 Å². The topological polar surface area (TPSA) is 85.5 Å². The average Bonchev–Trinajstić information content (AvgIpc) is 1.72. The molecule has 67 valence electrons. The van der Waals surface area contributed by atoms with Crippen molar-refractivity contribution in [3.05, 3.63) is 6.42 Å². The Morgan fingerprint density at radius 3 is 1.20 bits per heavy atom. The van der Waals surface area contributed by atoms with Crippen LogP contribution in [-0.2, 0) is 36.9 Å². The molecule has 1 radical (unpaired) electrons. The van der Waals surface area contributed by atoms with E-state index in [1.807, 2.05) is 0 Å². The van der Waals surface area contributed by atoms with Gasteiger partial charge < -0.3 is 22.8 Å². The van der Waals surface area contributed by atoms with Crippen molar-refractivity contribution >= 4 is 0 Å². The molecule has 0 unspecified atom stereocenters. The molecular weight excluding hydrogens is 306 g/mol. The van der Waals surface area contributed by atoms with Crippen LogP contribution in [0.25, 0.3) is 0 Å². The van der Waals surface area contributed by atoms with Gasteiger partial charge in [-0.2, -0.15) is 12.8 Å². The zero-order chi connectivity index (χ0) is 4.24. The first-order valence-corrected chi connectivity index (χ1v) is 2.82. The molecule has 1 fully saturated rings. The molecule has 0 bridgehead atoms. The monoisotopic (exact) mass is 318 g/mol. The van der Waals surface area contributed by atoms with E-state index in [9.17, 15) is 0 Å². The van der Waals surface area contributed by atoms with Gasteiger partial charge in [-0.15, -0.1) is 0 Å². The van der Waals surface area contributed by atoms with Gasteiger partial charge in [0.05, 0.1) is 0 Å². The molecule has 0 spiro atoms. The van der Waals surface area contributed by atoms with E-state index in [0.29, 0.717) is 0 Å². The molecule has 1 rings (SSSR count). The molecule has 10 heavy (non-hydrogen) atoms. The molecule has 1 aliphatic carbocycles. The van der Waals surface area contributed by atoms with E-state index in [0.717, 1.165) is 0 Å². The first kappa shape index (κ1) is 22.4. The van der Waals surface area contributed by atoms with Crippen LogP contribution in [0.5, 0.6) is 0 Å². The number of rotatable bonds is 0. The Balaban J connectivity index is -0.0000000450. The summed E-state index contributed by atoms with van der Waals surface area (Å²) < 4.78 is 0. The molecule has 0 aromatic rings. The fourth-order valence-corrected chi connectivity index (χ4v) is 0.898. The second-order valence-electron chi connectivity index (χ2n) is 1.93.